The van der Waals surface area contributed by atoms with Gasteiger partial charge in [-0.05, 0) is 36.1 Å². The SMILES string of the molecule is COc1ccc(C2CCCN2C(=O)CN2CCN(Cc3ccccc3)CC2)cc1. The van der Waals surface area contributed by atoms with Crippen molar-refractivity contribution in [3.8, 4) is 5.75 Å². The summed E-state index contributed by atoms with van der Waals surface area (Å²) in [7, 11) is 1.68. The predicted molar refractivity (Wildman–Crippen MR) is 115 cm³/mol. The van der Waals surface area contributed by atoms with E-state index in [1.54, 1.807) is 7.11 Å². The lowest BCUT2D eigenvalue weighted by Crippen LogP contribution is -2.49. The number of piperazine rings is 1. The van der Waals surface area contributed by atoms with Crippen molar-refractivity contribution < 1.29 is 9.53 Å². The summed E-state index contributed by atoms with van der Waals surface area (Å²) in [5.74, 6) is 1.12. The Labute approximate surface area is 173 Å². The van der Waals surface area contributed by atoms with E-state index in [1.165, 1.54) is 11.1 Å². The number of hydrogen-bond acceptors (Lipinski definition) is 4. The van der Waals surface area contributed by atoms with Crippen molar-refractivity contribution in [3.05, 3.63) is 65.7 Å². The molecule has 0 bridgehead atoms. The topological polar surface area (TPSA) is 36.0 Å². The first-order valence-corrected chi connectivity index (χ1v) is 10.6. The van der Waals surface area contributed by atoms with Gasteiger partial charge in [0.25, 0.3) is 0 Å². The van der Waals surface area contributed by atoms with Crippen LogP contribution in [0.3, 0.4) is 0 Å². The van der Waals surface area contributed by atoms with Crippen LogP contribution >= 0.6 is 0 Å². The minimum atomic E-state index is 0.202. The van der Waals surface area contributed by atoms with Crippen LogP contribution in [-0.2, 0) is 11.3 Å². The zero-order valence-corrected chi connectivity index (χ0v) is 17.3. The number of likely N-dealkylation sites (tertiary alicyclic amines) is 1. The lowest BCUT2D eigenvalue weighted by Gasteiger charge is -2.35. The molecule has 1 amide bonds. The normalized spacial score (nSPS) is 20.7. The van der Waals surface area contributed by atoms with Gasteiger partial charge in [-0.2, -0.15) is 0 Å². The van der Waals surface area contributed by atoms with Crippen molar-refractivity contribution in [2.75, 3.05) is 46.4 Å². The van der Waals surface area contributed by atoms with Crippen molar-refractivity contribution in [3.63, 3.8) is 0 Å². The van der Waals surface area contributed by atoms with Gasteiger partial charge in [-0.3, -0.25) is 14.6 Å². The van der Waals surface area contributed by atoms with Gasteiger partial charge in [0.05, 0.1) is 19.7 Å². The van der Waals surface area contributed by atoms with Gasteiger partial charge in [0.2, 0.25) is 5.91 Å². The van der Waals surface area contributed by atoms with Crippen LogP contribution in [-0.4, -0.2) is 67.0 Å². The van der Waals surface area contributed by atoms with E-state index in [2.05, 4.69) is 57.2 Å². The van der Waals surface area contributed by atoms with Gasteiger partial charge >= 0.3 is 0 Å². The molecule has 2 aromatic carbocycles. The Bertz CT molecular complexity index is 786. The molecule has 154 valence electrons. The van der Waals surface area contributed by atoms with Crippen molar-refractivity contribution in [2.45, 2.75) is 25.4 Å². The van der Waals surface area contributed by atoms with Gasteiger partial charge < -0.3 is 9.64 Å². The third kappa shape index (κ3) is 4.98. The molecule has 2 saturated heterocycles. The van der Waals surface area contributed by atoms with E-state index < -0.39 is 0 Å². The number of benzene rings is 2. The second-order valence-corrected chi connectivity index (χ2v) is 8.06. The lowest BCUT2D eigenvalue weighted by molar-refractivity contribution is -0.133. The van der Waals surface area contributed by atoms with Gasteiger partial charge in [-0.25, -0.2) is 0 Å². The largest absolute Gasteiger partial charge is 0.497 e. The fraction of sp³-hybridized carbons (Fsp3) is 0.458. The molecule has 5 nitrogen and oxygen atoms in total. The van der Waals surface area contributed by atoms with Crippen molar-refractivity contribution in [1.29, 1.82) is 0 Å². The van der Waals surface area contributed by atoms with E-state index in [-0.39, 0.29) is 11.9 Å². The molecule has 2 aromatic rings. The highest BCUT2D eigenvalue weighted by Crippen LogP contribution is 2.32. The number of rotatable bonds is 6. The molecular formula is C24H31N3O2. The Morgan fingerprint density at radius 1 is 0.931 bits per heavy atom. The summed E-state index contributed by atoms with van der Waals surface area (Å²) in [6.07, 6.45) is 2.12. The molecule has 29 heavy (non-hydrogen) atoms. The Balaban J connectivity index is 1.28. The first kappa shape index (κ1) is 19.9. The monoisotopic (exact) mass is 393 g/mol. The summed E-state index contributed by atoms with van der Waals surface area (Å²) < 4.78 is 5.26. The van der Waals surface area contributed by atoms with Crippen LogP contribution < -0.4 is 4.74 Å². The lowest BCUT2D eigenvalue weighted by atomic mass is 10.0. The van der Waals surface area contributed by atoms with E-state index in [0.29, 0.717) is 6.54 Å². The highest BCUT2D eigenvalue weighted by Gasteiger charge is 2.31. The summed E-state index contributed by atoms with van der Waals surface area (Å²) in [6, 6.07) is 19.0. The average molecular weight is 394 g/mol. The molecule has 2 heterocycles. The molecule has 1 atom stereocenters. The Morgan fingerprint density at radius 2 is 1.62 bits per heavy atom. The summed E-state index contributed by atoms with van der Waals surface area (Å²) in [6.45, 7) is 6.34. The number of methoxy groups -OCH3 is 1. The molecule has 0 saturated carbocycles. The van der Waals surface area contributed by atoms with Gasteiger partial charge in [-0.15, -0.1) is 0 Å². The van der Waals surface area contributed by atoms with Crippen LogP contribution in [0.25, 0.3) is 0 Å². The van der Waals surface area contributed by atoms with E-state index in [4.69, 9.17) is 4.74 Å². The van der Waals surface area contributed by atoms with Gasteiger partial charge in [0, 0.05) is 39.3 Å². The Kier molecular flexibility index (Phi) is 6.47. The van der Waals surface area contributed by atoms with Crippen LogP contribution in [0.4, 0.5) is 0 Å². The number of ether oxygens (including phenoxy) is 1. The van der Waals surface area contributed by atoms with E-state index >= 15 is 0 Å². The number of carbonyl (C=O) groups excluding carboxylic acids is 1. The molecule has 1 unspecified atom stereocenters. The molecule has 0 N–H and O–H groups in total. The first-order valence-electron chi connectivity index (χ1n) is 10.6. The number of hydrogen-bond donors (Lipinski definition) is 0. The minimum absolute atomic E-state index is 0.202. The van der Waals surface area contributed by atoms with Gasteiger partial charge in [0.1, 0.15) is 5.75 Å². The quantitative estimate of drug-likeness (QED) is 0.755. The standard InChI is InChI=1S/C24H31N3O2/c1-29-22-11-9-21(10-12-22)23-8-5-13-27(23)24(28)19-26-16-14-25(15-17-26)18-20-6-3-2-4-7-20/h2-4,6-7,9-12,23H,5,8,13-19H2,1H3. The molecule has 4 rings (SSSR count). The number of amides is 1. The van der Waals surface area contributed by atoms with Crippen molar-refractivity contribution in [2.24, 2.45) is 0 Å². The molecular weight excluding hydrogens is 362 g/mol. The zero-order chi connectivity index (χ0) is 20.1. The average Bonchev–Trinajstić information content (AvgIpc) is 3.26. The number of nitrogens with zero attached hydrogens (tertiary/aromatic N) is 3. The molecule has 2 aliphatic rings. The van der Waals surface area contributed by atoms with E-state index in [1.807, 2.05) is 12.1 Å². The fourth-order valence-corrected chi connectivity index (χ4v) is 4.47. The van der Waals surface area contributed by atoms with E-state index in [0.717, 1.165) is 57.9 Å². The molecule has 0 spiro atoms. The fourth-order valence-electron chi connectivity index (χ4n) is 4.47. The maximum Gasteiger partial charge on any atom is 0.237 e. The predicted octanol–water partition coefficient (Wildman–Crippen LogP) is 3.18. The van der Waals surface area contributed by atoms with Gasteiger partial charge in [0.15, 0.2) is 0 Å². The van der Waals surface area contributed by atoms with Crippen molar-refractivity contribution in [1.82, 2.24) is 14.7 Å². The maximum atomic E-state index is 13.0. The Hall–Kier alpha value is -2.37. The van der Waals surface area contributed by atoms with Crippen LogP contribution in [0.5, 0.6) is 5.75 Å². The third-order valence-corrected chi connectivity index (χ3v) is 6.15. The molecule has 0 aromatic heterocycles. The van der Waals surface area contributed by atoms with E-state index in [9.17, 15) is 4.79 Å². The second-order valence-electron chi connectivity index (χ2n) is 8.06. The molecule has 2 fully saturated rings. The highest BCUT2D eigenvalue weighted by atomic mass is 16.5. The summed E-state index contributed by atoms with van der Waals surface area (Å²) in [5, 5.41) is 0. The molecule has 2 aliphatic heterocycles. The van der Waals surface area contributed by atoms with Crippen LogP contribution in [0, 0.1) is 0 Å². The smallest absolute Gasteiger partial charge is 0.237 e. The molecule has 0 radical (unpaired) electrons. The maximum absolute atomic E-state index is 13.0. The second kappa shape index (κ2) is 9.42. The van der Waals surface area contributed by atoms with Crippen LogP contribution in [0.2, 0.25) is 0 Å². The summed E-state index contributed by atoms with van der Waals surface area (Å²) in [4.78, 5) is 19.9. The summed E-state index contributed by atoms with van der Waals surface area (Å²) in [5.41, 5.74) is 2.57. The van der Waals surface area contributed by atoms with Crippen LogP contribution in [0.1, 0.15) is 30.0 Å². The third-order valence-electron chi connectivity index (χ3n) is 6.15. The first-order chi connectivity index (χ1) is 14.2. The zero-order valence-electron chi connectivity index (χ0n) is 17.3. The summed E-state index contributed by atoms with van der Waals surface area (Å²) >= 11 is 0. The van der Waals surface area contributed by atoms with Crippen LogP contribution in [0.15, 0.2) is 54.6 Å². The minimum Gasteiger partial charge on any atom is -0.497 e. The van der Waals surface area contributed by atoms with Crippen molar-refractivity contribution >= 4 is 5.91 Å². The molecule has 5 heteroatoms. The number of carbonyl (C=O) groups is 1. The van der Waals surface area contributed by atoms with Gasteiger partial charge in [-0.1, -0.05) is 42.5 Å². The highest BCUT2D eigenvalue weighted by molar-refractivity contribution is 5.79. The molecule has 0 aliphatic carbocycles. The Morgan fingerprint density at radius 3 is 2.31 bits per heavy atom.